The van der Waals surface area contributed by atoms with Crippen molar-refractivity contribution in [3.05, 3.63) is 11.6 Å². The van der Waals surface area contributed by atoms with E-state index in [0.29, 0.717) is 18.5 Å². The summed E-state index contributed by atoms with van der Waals surface area (Å²) >= 11 is 0. The first-order valence-electron chi connectivity index (χ1n) is 15.2. The number of hydrogen-bond donors (Lipinski definition) is 3. The van der Waals surface area contributed by atoms with E-state index in [9.17, 15) is 4.79 Å². The molecule has 7 heteroatoms. The zero-order valence-electron chi connectivity index (χ0n) is 24.6. The van der Waals surface area contributed by atoms with E-state index in [-0.39, 0.29) is 36.0 Å². The summed E-state index contributed by atoms with van der Waals surface area (Å²) in [5.41, 5.74) is 13.0. The number of hydrogen-bond acceptors (Lipinski definition) is 3. The summed E-state index contributed by atoms with van der Waals surface area (Å²) in [5, 5.41) is 2.77. The van der Waals surface area contributed by atoms with Gasteiger partial charge in [-0.3, -0.25) is 4.99 Å². The van der Waals surface area contributed by atoms with Gasteiger partial charge < -0.3 is 21.5 Å². The summed E-state index contributed by atoms with van der Waals surface area (Å²) < 4.78 is 5.80. The lowest BCUT2D eigenvalue weighted by Gasteiger charge is -2.58. The van der Waals surface area contributed by atoms with E-state index in [2.05, 4.69) is 51.0 Å². The molecular weight excluding hydrogens is 496 g/mol. The van der Waals surface area contributed by atoms with Gasteiger partial charge in [0.05, 0.1) is 6.54 Å². The molecule has 38 heavy (non-hydrogen) atoms. The monoisotopic (exact) mass is 550 g/mol. The van der Waals surface area contributed by atoms with E-state index >= 15 is 0 Å². The Hall–Kier alpha value is -1.43. The molecule has 0 heterocycles. The average Bonchev–Trinajstić information content (AvgIpc) is 3.19. The Morgan fingerprint density at radius 1 is 1.11 bits per heavy atom. The van der Waals surface area contributed by atoms with E-state index in [1.165, 1.54) is 51.4 Å². The van der Waals surface area contributed by atoms with Gasteiger partial charge in [0, 0.05) is 13.0 Å². The standard InChI is InChI=1S/C31H54N4O2.ClH/c1-20(2)7-6-8-21(3)25-11-12-26-24-10-9-22-19-23(37-29(36)35-18-17-34-28(32)33)13-15-30(22,4)27(24)14-16-31(25,26)5;/h9,20-21,23-27H,6-8,10-19H2,1-5H3,(H,35,36)(H4,32,33,34);1H/t21-,23+,24+,25-,26+,27+,30+,31-;/m1./s1. The lowest BCUT2D eigenvalue weighted by molar-refractivity contribution is -0.0581. The van der Waals surface area contributed by atoms with Gasteiger partial charge in [0.15, 0.2) is 5.96 Å². The van der Waals surface area contributed by atoms with Crippen LogP contribution in [-0.2, 0) is 4.74 Å². The number of fused-ring (bicyclic) bond motifs is 5. The quantitative estimate of drug-likeness (QED) is 0.127. The van der Waals surface area contributed by atoms with Gasteiger partial charge in [-0.25, -0.2) is 4.79 Å². The van der Waals surface area contributed by atoms with Gasteiger partial charge in [-0.15, -0.1) is 12.4 Å². The second kappa shape index (κ2) is 12.8. The maximum atomic E-state index is 12.3. The number of ether oxygens (including phenoxy) is 1. The van der Waals surface area contributed by atoms with Crippen molar-refractivity contribution in [2.75, 3.05) is 13.1 Å². The highest BCUT2D eigenvalue weighted by Crippen LogP contribution is 2.67. The fourth-order valence-electron chi connectivity index (χ4n) is 9.29. The number of guanidine groups is 1. The molecule has 0 spiro atoms. The first kappa shape index (κ1) is 31.1. The first-order chi connectivity index (χ1) is 17.5. The molecule has 6 nitrogen and oxygen atoms in total. The number of allylic oxidation sites excluding steroid dienone is 1. The van der Waals surface area contributed by atoms with Crippen LogP contribution in [0.15, 0.2) is 16.6 Å². The van der Waals surface area contributed by atoms with Crippen LogP contribution < -0.4 is 16.8 Å². The number of amides is 1. The van der Waals surface area contributed by atoms with Crippen molar-refractivity contribution in [3.8, 4) is 0 Å². The number of alkyl carbamates (subject to hydrolysis) is 1. The fraction of sp³-hybridized carbons (Fsp3) is 0.871. The number of nitrogens with zero attached hydrogens (tertiary/aromatic N) is 1. The molecule has 4 aliphatic rings. The van der Waals surface area contributed by atoms with Crippen LogP contribution in [0.3, 0.4) is 0 Å². The molecule has 4 rings (SSSR count). The molecule has 0 aromatic rings. The lowest BCUT2D eigenvalue weighted by Crippen LogP contribution is -2.51. The van der Waals surface area contributed by atoms with Crippen molar-refractivity contribution >= 4 is 24.5 Å². The molecule has 0 saturated heterocycles. The number of carbonyl (C=O) groups is 1. The molecule has 1 amide bonds. The van der Waals surface area contributed by atoms with Crippen molar-refractivity contribution in [3.63, 3.8) is 0 Å². The Bertz CT molecular complexity index is 872. The Labute approximate surface area is 238 Å². The highest BCUT2D eigenvalue weighted by Gasteiger charge is 2.59. The molecule has 0 bridgehead atoms. The normalized spacial score (nSPS) is 36.6. The molecule has 3 fully saturated rings. The molecule has 0 radical (unpaired) electrons. The van der Waals surface area contributed by atoms with Crippen LogP contribution in [0.4, 0.5) is 4.79 Å². The van der Waals surface area contributed by atoms with Crippen LogP contribution in [0.1, 0.15) is 105 Å². The summed E-state index contributed by atoms with van der Waals surface area (Å²) in [6, 6.07) is 0. The van der Waals surface area contributed by atoms with Gasteiger partial charge in [-0.05, 0) is 91.3 Å². The summed E-state index contributed by atoms with van der Waals surface area (Å²) in [6.45, 7) is 13.2. The maximum Gasteiger partial charge on any atom is 0.407 e. The highest BCUT2D eigenvalue weighted by atomic mass is 35.5. The van der Waals surface area contributed by atoms with E-state index in [0.717, 1.165) is 54.8 Å². The topological polar surface area (TPSA) is 103 Å². The van der Waals surface area contributed by atoms with Crippen molar-refractivity contribution in [1.29, 1.82) is 0 Å². The molecule has 218 valence electrons. The predicted octanol–water partition coefficient (Wildman–Crippen LogP) is 6.82. The van der Waals surface area contributed by atoms with Crippen molar-refractivity contribution in [2.24, 2.45) is 62.8 Å². The number of halogens is 1. The minimum atomic E-state index is -0.360. The van der Waals surface area contributed by atoms with Crippen LogP contribution in [0, 0.1) is 46.3 Å². The van der Waals surface area contributed by atoms with Gasteiger partial charge in [0.25, 0.3) is 0 Å². The molecule has 3 saturated carbocycles. The van der Waals surface area contributed by atoms with Gasteiger partial charge in [-0.1, -0.05) is 65.5 Å². The van der Waals surface area contributed by atoms with Gasteiger partial charge in [0.2, 0.25) is 0 Å². The minimum Gasteiger partial charge on any atom is -0.446 e. The molecule has 0 unspecified atom stereocenters. The first-order valence-corrected chi connectivity index (χ1v) is 15.2. The largest absolute Gasteiger partial charge is 0.446 e. The fourth-order valence-corrected chi connectivity index (χ4v) is 9.29. The van der Waals surface area contributed by atoms with E-state index in [4.69, 9.17) is 16.2 Å². The van der Waals surface area contributed by atoms with E-state index < -0.39 is 0 Å². The second-order valence-corrected chi connectivity index (χ2v) is 13.8. The second-order valence-electron chi connectivity index (χ2n) is 13.8. The van der Waals surface area contributed by atoms with Crippen LogP contribution in [0.2, 0.25) is 0 Å². The number of nitrogens with two attached hydrogens (primary N) is 2. The van der Waals surface area contributed by atoms with Crippen molar-refractivity contribution in [1.82, 2.24) is 5.32 Å². The minimum absolute atomic E-state index is 0. The van der Waals surface area contributed by atoms with Crippen LogP contribution in [0.25, 0.3) is 0 Å². The number of aliphatic imine (C=N–C) groups is 1. The molecule has 0 aliphatic heterocycles. The number of nitrogens with one attached hydrogen (secondary N) is 1. The highest BCUT2D eigenvalue weighted by molar-refractivity contribution is 5.85. The number of rotatable bonds is 9. The summed E-state index contributed by atoms with van der Waals surface area (Å²) in [6.07, 6.45) is 16.2. The van der Waals surface area contributed by atoms with Gasteiger partial charge in [-0.2, -0.15) is 0 Å². The third kappa shape index (κ3) is 6.47. The molecule has 8 atom stereocenters. The average molecular weight is 551 g/mol. The predicted molar refractivity (Wildman–Crippen MR) is 159 cm³/mol. The molecule has 0 aromatic carbocycles. The van der Waals surface area contributed by atoms with Gasteiger partial charge in [0.1, 0.15) is 6.10 Å². The smallest absolute Gasteiger partial charge is 0.407 e. The van der Waals surface area contributed by atoms with Crippen LogP contribution in [-0.4, -0.2) is 31.2 Å². The molecule has 5 N–H and O–H groups in total. The zero-order chi connectivity index (χ0) is 26.8. The van der Waals surface area contributed by atoms with Crippen molar-refractivity contribution in [2.45, 2.75) is 111 Å². The van der Waals surface area contributed by atoms with Gasteiger partial charge >= 0.3 is 6.09 Å². The third-order valence-electron chi connectivity index (χ3n) is 11.2. The summed E-state index contributed by atoms with van der Waals surface area (Å²) in [7, 11) is 0. The molecule has 0 aromatic heterocycles. The maximum absolute atomic E-state index is 12.3. The molecular formula is C31H55ClN4O2. The Balaban J connectivity index is 0.00000400. The summed E-state index contributed by atoms with van der Waals surface area (Å²) in [4.78, 5) is 16.2. The van der Waals surface area contributed by atoms with Crippen LogP contribution >= 0.6 is 12.4 Å². The summed E-state index contributed by atoms with van der Waals surface area (Å²) in [5.74, 6) is 5.11. The van der Waals surface area contributed by atoms with E-state index in [1.54, 1.807) is 5.57 Å². The number of carbonyl (C=O) groups excluding carboxylic acids is 1. The zero-order valence-corrected chi connectivity index (χ0v) is 25.5. The van der Waals surface area contributed by atoms with Crippen molar-refractivity contribution < 1.29 is 9.53 Å². The Kier molecular flexibility index (Phi) is 10.5. The Morgan fingerprint density at radius 2 is 1.87 bits per heavy atom. The van der Waals surface area contributed by atoms with E-state index in [1.807, 2.05) is 0 Å². The SMILES string of the molecule is CC(C)CCC[C@@H](C)[C@H]1CC[C@H]2[C@@H]3CC=C4C[C@@H](OC(=O)NCCN=C(N)N)CC[C@]4(C)[C@H]3CC[C@]12C.Cl. The Morgan fingerprint density at radius 3 is 2.58 bits per heavy atom. The lowest BCUT2D eigenvalue weighted by atomic mass is 9.47. The third-order valence-corrected chi connectivity index (χ3v) is 11.2. The van der Waals surface area contributed by atoms with Crippen LogP contribution in [0.5, 0.6) is 0 Å². The molecule has 4 aliphatic carbocycles.